The van der Waals surface area contributed by atoms with Crippen LogP contribution in [0.1, 0.15) is 5.56 Å². The van der Waals surface area contributed by atoms with Gasteiger partial charge in [-0.2, -0.15) is 0 Å². The van der Waals surface area contributed by atoms with E-state index in [2.05, 4.69) is 37.6 Å². The molecular formula is C19H27IN4O3S. The highest BCUT2D eigenvalue weighted by atomic mass is 127. The van der Waals surface area contributed by atoms with Crippen LogP contribution in [0.4, 0.5) is 5.00 Å². The quantitative estimate of drug-likeness (QED) is 0.361. The Morgan fingerprint density at radius 2 is 1.82 bits per heavy atom. The molecule has 0 radical (unpaired) electrons. The Morgan fingerprint density at radius 1 is 1.18 bits per heavy atom. The van der Waals surface area contributed by atoms with Crippen LogP contribution in [0, 0.1) is 0 Å². The number of benzene rings is 1. The van der Waals surface area contributed by atoms with Crippen LogP contribution in [0.15, 0.2) is 34.6 Å². The highest BCUT2D eigenvalue weighted by molar-refractivity contribution is 14.0. The van der Waals surface area contributed by atoms with Crippen molar-refractivity contribution < 1.29 is 14.6 Å². The van der Waals surface area contributed by atoms with Gasteiger partial charge in [0.2, 0.25) is 5.75 Å². The SMILES string of the molecule is CN=C(NCc1cc(OC)c(O)c(OC)c1)N1CCN(c2cccs2)CC1.I. The number of hydrogen-bond donors (Lipinski definition) is 2. The molecule has 2 heterocycles. The molecule has 1 saturated heterocycles. The standard InChI is InChI=1S/C19H26N4O3S.HI/c1-20-19(23-8-6-22(7-9-23)17-5-4-10-27-17)21-13-14-11-15(25-2)18(24)16(12-14)26-3;/h4-5,10-12,24H,6-9,13H2,1-3H3,(H,20,21);1H. The molecule has 0 atom stereocenters. The molecule has 0 amide bonds. The van der Waals surface area contributed by atoms with Crippen LogP contribution >= 0.6 is 35.3 Å². The van der Waals surface area contributed by atoms with Crippen LogP contribution in [0.2, 0.25) is 0 Å². The highest BCUT2D eigenvalue weighted by Crippen LogP contribution is 2.37. The maximum absolute atomic E-state index is 10.0. The van der Waals surface area contributed by atoms with Gasteiger partial charge in [0.25, 0.3) is 0 Å². The van der Waals surface area contributed by atoms with Crippen molar-refractivity contribution in [3.05, 3.63) is 35.2 Å². The van der Waals surface area contributed by atoms with Gasteiger partial charge in [0.05, 0.1) is 19.2 Å². The van der Waals surface area contributed by atoms with Crippen LogP contribution in [0.5, 0.6) is 17.2 Å². The second-order valence-electron chi connectivity index (χ2n) is 6.18. The molecule has 1 aliphatic rings. The van der Waals surface area contributed by atoms with Gasteiger partial charge in [-0.1, -0.05) is 0 Å². The van der Waals surface area contributed by atoms with Crippen molar-refractivity contribution in [1.29, 1.82) is 0 Å². The Bertz CT molecular complexity index is 752. The Balaban J connectivity index is 0.00000280. The van der Waals surface area contributed by atoms with Crippen molar-refractivity contribution in [2.45, 2.75) is 6.54 Å². The number of phenols is 1. The molecule has 0 saturated carbocycles. The van der Waals surface area contributed by atoms with Gasteiger partial charge in [-0.15, -0.1) is 35.3 Å². The van der Waals surface area contributed by atoms with E-state index in [1.165, 1.54) is 19.2 Å². The third-order valence-corrected chi connectivity index (χ3v) is 5.53. The number of rotatable bonds is 5. The number of piperazine rings is 1. The molecule has 3 rings (SSSR count). The minimum Gasteiger partial charge on any atom is -0.502 e. The molecule has 0 spiro atoms. The van der Waals surface area contributed by atoms with Gasteiger partial charge in [0.1, 0.15) is 0 Å². The summed E-state index contributed by atoms with van der Waals surface area (Å²) in [6.07, 6.45) is 0. The zero-order valence-corrected chi connectivity index (χ0v) is 19.5. The number of ether oxygens (including phenoxy) is 2. The Hall–Kier alpha value is -1.88. The lowest BCUT2D eigenvalue weighted by Gasteiger charge is -2.37. The summed E-state index contributed by atoms with van der Waals surface area (Å²) >= 11 is 1.78. The van der Waals surface area contributed by atoms with Crippen LogP contribution in [0.3, 0.4) is 0 Å². The number of anilines is 1. The number of nitrogens with zero attached hydrogens (tertiary/aromatic N) is 3. The van der Waals surface area contributed by atoms with Crippen molar-refractivity contribution in [1.82, 2.24) is 10.2 Å². The molecule has 0 unspecified atom stereocenters. The molecule has 28 heavy (non-hydrogen) atoms. The number of phenolic OH excluding ortho intramolecular Hbond substituents is 1. The minimum atomic E-state index is 0. The highest BCUT2D eigenvalue weighted by Gasteiger charge is 2.20. The fourth-order valence-corrected chi connectivity index (χ4v) is 3.94. The zero-order chi connectivity index (χ0) is 19.2. The lowest BCUT2D eigenvalue weighted by Crippen LogP contribution is -2.52. The zero-order valence-electron chi connectivity index (χ0n) is 16.3. The molecule has 0 aliphatic carbocycles. The Kier molecular flexibility index (Phi) is 8.49. The summed E-state index contributed by atoms with van der Waals surface area (Å²) in [5.74, 6) is 1.67. The number of hydrogen-bond acceptors (Lipinski definition) is 6. The maximum atomic E-state index is 10.0. The molecule has 9 heteroatoms. The molecule has 1 fully saturated rings. The van der Waals surface area contributed by atoms with Gasteiger partial charge < -0.3 is 29.7 Å². The lowest BCUT2D eigenvalue weighted by molar-refractivity contribution is 0.339. The summed E-state index contributed by atoms with van der Waals surface area (Å²) < 4.78 is 10.4. The van der Waals surface area contributed by atoms with Crippen molar-refractivity contribution in [2.75, 3.05) is 52.3 Å². The molecule has 2 N–H and O–H groups in total. The van der Waals surface area contributed by atoms with Crippen molar-refractivity contribution >= 4 is 46.3 Å². The molecule has 1 aromatic heterocycles. The van der Waals surface area contributed by atoms with E-state index >= 15 is 0 Å². The van der Waals surface area contributed by atoms with Crippen molar-refractivity contribution in [3.63, 3.8) is 0 Å². The Morgan fingerprint density at radius 3 is 2.32 bits per heavy atom. The molecule has 1 aromatic carbocycles. The van der Waals surface area contributed by atoms with Crippen LogP contribution in [-0.2, 0) is 6.54 Å². The normalized spacial score (nSPS) is 14.5. The number of thiophene rings is 1. The number of guanidine groups is 1. The van der Waals surface area contributed by atoms with Gasteiger partial charge in [-0.3, -0.25) is 4.99 Å². The smallest absolute Gasteiger partial charge is 0.200 e. The van der Waals surface area contributed by atoms with E-state index in [1.54, 1.807) is 30.5 Å². The van der Waals surface area contributed by atoms with E-state index in [4.69, 9.17) is 9.47 Å². The number of methoxy groups -OCH3 is 2. The number of nitrogens with one attached hydrogen (secondary N) is 1. The monoisotopic (exact) mass is 518 g/mol. The summed E-state index contributed by atoms with van der Waals surface area (Å²) in [4.78, 5) is 9.09. The predicted molar refractivity (Wildman–Crippen MR) is 125 cm³/mol. The molecular weight excluding hydrogens is 491 g/mol. The first-order valence-corrected chi connectivity index (χ1v) is 9.72. The second kappa shape index (κ2) is 10.6. The molecule has 154 valence electrons. The first kappa shape index (κ1) is 22.4. The maximum Gasteiger partial charge on any atom is 0.200 e. The third-order valence-electron chi connectivity index (χ3n) is 4.60. The Labute approximate surface area is 187 Å². The van der Waals surface area contributed by atoms with Gasteiger partial charge in [0, 0.05) is 39.8 Å². The second-order valence-corrected chi connectivity index (χ2v) is 7.10. The fraction of sp³-hybridized carbons (Fsp3) is 0.421. The average Bonchev–Trinajstić information content (AvgIpc) is 3.24. The van der Waals surface area contributed by atoms with Crippen molar-refractivity contribution in [2.24, 2.45) is 4.99 Å². The summed E-state index contributed by atoms with van der Waals surface area (Å²) in [7, 11) is 4.85. The van der Waals surface area contributed by atoms with Gasteiger partial charge in [-0.25, -0.2) is 0 Å². The summed E-state index contributed by atoms with van der Waals surface area (Å²) in [6.45, 7) is 4.34. The minimum absolute atomic E-state index is 0. The van der Waals surface area contributed by atoms with Crippen LogP contribution in [-0.4, -0.2) is 63.4 Å². The van der Waals surface area contributed by atoms with E-state index in [1.807, 2.05) is 0 Å². The number of aliphatic imine (C=N–C) groups is 1. The van der Waals surface area contributed by atoms with Gasteiger partial charge in [-0.05, 0) is 35.2 Å². The van der Waals surface area contributed by atoms with E-state index < -0.39 is 0 Å². The van der Waals surface area contributed by atoms with Crippen LogP contribution in [0.25, 0.3) is 0 Å². The molecule has 7 nitrogen and oxygen atoms in total. The van der Waals surface area contributed by atoms with Gasteiger partial charge in [0.15, 0.2) is 17.5 Å². The fourth-order valence-electron chi connectivity index (χ4n) is 3.15. The van der Waals surface area contributed by atoms with E-state index in [-0.39, 0.29) is 29.7 Å². The van der Waals surface area contributed by atoms with E-state index in [9.17, 15) is 5.11 Å². The first-order valence-electron chi connectivity index (χ1n) is 8.84. The largest absolute Gasteiger partial charge is 0.502 e. The molecule has 1 aliphatic heterocycles. The van der Waals surface area contributed by atoms with Gasteiger partial charge >= 0.3 is 0 Å². The topological polar surface area (TPSA) is 69.6 Å². The molecule has 2 aromatic rings. The summed E-state index contributed by atoms with van der Waals surface area (Å²) in [5, 5.41) is 16.9. The average molecular weight is 518 g/mol. The summed E-state index contributed by atoms with van der Waals surface area (Å²) in [5.41, 5.74) is 0.944. The first-order chi connectivity index (χ1) is 13.2. The summed E-state index contributed by atoms with van der Waals surface area (Å²) in [6, 6.07) is 7.85. The molecule has 0 bridgehead atoms. The predicted octanol–water partition coefficient (Wildman–Crippen LogP) is 2.99. The third kappa shape index (κ3) is 5.13. The van der Waals surface area contributed by atoms with E-state index in [0.29, 0.717) is 18.0 Å². The van der Waals surface area contributed by atoms with Crippen LogP contribution < -0.4 is 19.7 Å². The van der Waals surface area contributed by atoms with Crippen molar-refractivity contribution in [3.8, 4) is 17.2 Å². The number of aromatic hydroxyl groups is 1. The lowest BCUT2D eigenvalue weighted by atomic mass is 10.2. The van der Waals surface area contributed by atoms with E-state index in [0.717, 1.165) is 37.7 Å². The number of halogens is 1.